The Morgan fingerprint density at radius 1 is 1.03 bits per heavy atom. The van der Waals surface area contributed by atoms with Gasteiger partial charge in [0.1, 0.15) is 12.4 Å². The summed E-state index contributed by atoms with van der Waals surface area (Å²) in [6.45, 7) is 5.70. The van der Waals surface area contributed by atoms with Gasteiger partial charge in [-0.05, 0) is 31.7 Å². The van der Waals surface area contributed by atoms with Crippen molar-refractivity contribution in [1.29, 1.82) is 0 Å². The molecule has 1 aliphatic rings. The van der Waals surface area contributed by atoms with Gasteiger partial charge in [-0.1, -0.05) is 23.2 Å². The second kappa shape index (κ2) is 19.2. The zero-order valence-electron chi connectivity index (χ0n) is 21.8. The summed E-state index contributed by atoms with van der Waals surface area (Å²) in [5.41, 5.74) is 0.807. The first kappa shape index (κ1) is 32.3. The van der Waals surface area contributed by atoms with Gasteiger partial charge in [0.25, 0.3) is 0 Å². The zero-order valence-corrected chi connectivity index (χ0v) is 23.4. The molecule has 38 heavy (non-hydrogen) atoms. The third-order valence-electron chi connectivity index (χ3n) is 5.42. The molecule has 2 amide bonds. The quantitative estimate of drug-likeness (QED) is 0.168. The molecule has 0 aromatic heterocycles. The number of hydrogen-bond acceptors (Lipinski definition) is 9. The lowest BCUT2D eigenvalue weighted by atomic mass is 10.3. The van der Waals surface area contributed by atoms with Crippen LogP contribution in [0.2, 0.25) is 10.0 Å². The van der Waals surface area contributed by atoms with Gasteiger partial charge in [0.15, 0.2) is 7.98 Å². The number of carbonyl (C=O) groups excluding carboxylic acids is 2. The first-order valence-corrected chi connectivity index (χ1v) is 13.4. The van der Waals surface area contributed by atoms with E-state index in [1.165, 1.54) is 0 Å². The lowest BCUT2D eigenvalue weighted by Gasteiger charge is -2.16. The highest BCUT2D eigenvalue weighted by atomic mass is 35.5. The van der Waals surface area contributed by atoms with E-state index < -0.39 is 0 Å². The Hall–Kier alpha value is -1.93. The van der Waals surface area contributed by atoms with Crippen molar-refractivity contribution in [1.82, 2.24) is 20.8 Å². The van der Waals surface area contributed by atoms with Crippen LogP contribution in [0.25, 0.3) is 0 Å². The van der Waals surface area contributed by atoms with Crippen molar-refractivity contribution < 1.29 is 23.8 Å². The summed E-state index contributed by atoms with van der Waals surface area (Å²) < 4.78 is 16.3. The summed E-state index contributed by atoms with van der Waals surface area (Å²) in [5.74, 6) is 0.217. The Labute approximate surface area is 235 Å². The molecule has 0 atom stereocenters. The van der Waals surface area contributed by atoms with Crippen molar-refractivity contribution in [2.45, 2.75) is 19.3 Å². The molecular weight excluding hydrogens is 534 g/mol. The molecule has 210 valence electrons. The van der Waals surface area contributed by atoms with Crippen LogP contribution in [0.15, 0.2) is 23.3 Å². The minimum Gasteiger partial charge on any atom is -0.379 e. The number of rotatable bonds is 19. The van der Waals surface area contributed by atoms with Crippen LogP contribution in [-0.2, 0) is 23.8 Å². The molecule has 0 bridgehead atoms. The molecular formula is C24H37BCl2N6O5. The minimum absolute atomic E-state index is 0.0498. The predicted molar refractivity (Wildman–Crippen MR) is 150 cm³/mol. The summed E-state index contributed by atoms with van der Waals surface area (Å²) in [4.78, 5) is 26.2. The molecule has 1 heterocycles. The van der Waals surface area contributed by atoms with Crippen LogP contribution in [0.4, 0.5) is 5.69 Å². The molecule has 2 rings (SSSR count). The fraction of sp³-hybridized carbons (Fsp3) is 0.625. The van der Waals surface area contributed by atoms with Crippen molar-refractivity contribution >= 4 is 54.5 Å². The molecule has 1 aromatic carbocycles. The van der Waals surface area contributed by atoms with Crippen LogP contribution >= 0.6 is 23.2 Å². The number of anilines is 1. The minimum atomic E-state index is -0.229. The fourth-order valence-electron chi connectivity index (χ4n) is 3.30. The summed E-state index contributed by atoms with van der Waals surface area (Å²) in [6, 6.07) is 5.27. The highest BCUT2D eigenvalue weighted by Gasteiger charge is 2.18. The fourth-order valence-corrected chi connectivity index (χ4v) is 3.59. The smallest absolute Gasteiger partial charge is 0.245 e. The van der Waals surface area contributed by atoms with Gasteiger partial charge in [-0.15, -0.1) is 0 Å². The standard InChI is InChI=1S/C24H37BCl2N6O5/c1-32(10-13-36-12-8-29-25)11-14-37-15-16-38-18-24(35)28-7-2-3-23(34)30-22-6-9-33(31-22)19-4-5-20(26)21(27)17-19/h4-5,17,29H,2-3,6-16,18H2,1H3,(H,28,35)(H,30,31,34). The Kier molecular flexibility index (Phi) is 16.3. The van der Waals surface area contributed by atoms with Crippen molar-refractivity contribution in [2.24, 2.45) is 5.10 Å². The van der Waals surface area contributed by atoms with Crippen LogP contribution in [0.3, 0.4) is 0 Å². The van der Waals surface area contributed by atoms with Crippen molar-refractivity contribution in [3.05, 3.63) is 28.2 Å². The van der Waals surface area contributed by atoms with E-state index in [4.69, 9.17) is 45.4 Å². The van der Waals surface area contributed by atoms with E-state index in [1.807, 2.05) is 13.1 Å². The number of benzene rings is 1. The normalized spacial score (nSPS) is 13.2. The molecule has 0 spiro atoms. The average Bonchev–Trinajstić information content (AvgIpc) is 3.36. The number of nitrogens with one attached hydrogen (secondary N) is 3. The number of nitrogens with zero attached hydrogens (tertiary/aromatic N) is 3. The number of amides is 2. The molecule has 0 saturated heterocycles. The number of hydrazone groups is 1. The van der Waals surface area contributed by atoms with Crippen LogP contribution in [0.5, 0.6) is 0 Å². The Bertz CT molecular complexity index is 898. The molecule has 1 aromatic rings. The summed E-state index contributed by atoms with van der Waals surface area (Å²) in [6.07, 6.45) is 1.39. The molecule has 14 heteroatoms. The molecule has 0 unspecified atom stereocenters. The third kappa shape index (κ3) is 13.7. The maximum Gasteiger partial charge on any atom is 0.245 e. The predicted octanol–water partition coefficient (Wildman–Crippen LogP) is 1.18. The lowest BCUT2D eigenvalue weighted by Crippen LogP contribution is -2.32. The molecule has 0 fully saturated rings. The van der Waals surface area contributed by atoms with E-state index in [2.05, 4.69) is 25.9 Å². The molecule has 0 saturated carbocycles. The van der Waals surface area contributed by atoms with Gasteiger partial charge in [0, 0.05) is 45.6 Å². The summed E-state index contributed by atoms with van der Waals surface area (Å²) >= 11 is 12.0. The van der Waals surface area contributed by atoms with Crippen LogP contribution in [-0.4, -0.2) is 110 Å². The average molecular weight is 571 g/mol. The number of carbonyl (C=O) groups is 2. The molecule has 0 aliphatic carbocycles. The van der Waals surface area contributed by atoms with E-state index >= 15 is 0 Å². The van der Waals surface area contributed by atoms with E-state index in [0.29, 0.717) is 81.4 Å². The van der Waals surface area contributed by atoms with Gasteiger partial charge in [0.2, 0.25) is 11.8 Å². The van der Waals surface area contributed by atoms with E-state index in [0.717, 1.165) is 18.8 Å². The summed E-state index contributed by atoms with van der Waals surface area (Å²) in [5, 5.41) is 15.2. The number of halogens is 2. The summed E-state index contributed by atoms with van der Waals surface area (Å²) in [7, 11) is 7.17. The Balaban J connectivity index is 1.44. The van der Waals surface area contributed by atoms with Crippen molar-refractivity contribution in [3.8, 4) is 0 Å². The lowest BCUT2D eigenvalue weighted by molar-refractivity contribution is -0.126. The topological polar surface area (TPSA) is 117 Å². The van der Waals surface area contributed by atoms with Gasteiger partial charge in [-0.3, -0.25) is 14.6 Å². The number of hydrogen-bond donors (Lipinski definition) is 3. The first-order valence-electron chi connectivity index (χ1n) is 12.6. The number of amidine groups is 1. The highest BCUT2D eigenvalue weighted by molar-refractivity contribution is 6.42. The zero-order chi connectivity index (χ0) is 27.6. The van der Waals surface area contributed by atoms with Gasteiger partial charge >= 0.3 is 0 Å². The van der Waals surface area contributed by atoms with Crippen LogP contribution in [0.1, 0.15) is 19.3 Å². The largest absolute Gasteiger partial charge is 0.379 e. The van der Waals surface area contributed by atoms with E-state index in [-0.39, 0.29) is 24.8 Å². The molecule has 2 radical (unpaired) electrons. The molecule has 1 aliphatic heterocycles. The molecule has 3 N–H and O–H groups in total. The van der Waals surface area contributed by atoms with Gasteiger partial charge < -0.3 is 35.0 Å². The van der Waals surface area contributed by atoms with Gasteiger partial charge in [-0.25, -0.2) is 0 Å². The Morgan fingerprint density at radius 3 is 2.50 bits per heavy atom. The number of ether oxygens (including phenoxy) is 3. The SMILES string of the molecule is [B]NCCOCCN(C)CCOCCOCC(=O)NCCCC(=O)NC1=NN(c2ccc(Cl)c(Cl)c2)CC1. The maximum absolute atomic E-state index is 12.2. The van der Waals surface area contributed by atoms with Crippen molar-refractivity contribution in [3.63, 3.8) is 0 Å². The monoisotopic (exact) mass is 570 g/mol. The van der Waals surface area contributed by atoms with Gasteiger partial charge in [0.05, 0.1) is 48.8 Å². The van der Waals surface area contributed by atoms with Crippen molar-refractivity contribution in [2.75, 3.05) is 84.4 Å². The Morgan fingerprint density at radius 2 is 1.76 bits per heavy atom. The maximum atomic E-state index is 12.2. The van der Waals surface area contributed by atoms with Crippen LogP contribution in [0, 0.1) is 0 Å². The van der Waals surface area contributed by atoms with Gasteiger partial charge in [-0.2, -0.15) is 5.10 Å². The first-order chi connectivity index (χ1) is 18.4. The molecule has 11 nitrogen and oxygen atoms in total. The third-order valence-corrected chi connectivity index (χ3v) is 6.16. The second-order valence-electron chi connectivity index (χ2n) is 8.55. The highest BCUT2D eigenvalue weighted by Crippen LogP contribution is 2.28. The van der Waals surface area contributed by atoms with E-state index in [1.54, 1.807) is 17.1 Å². The number of likely N-dealkylation sites (N-methyl/N-ethyl adjacent to an activating group) is 1. The van der Waals surface area contributed by atoms with Crippen LogP contribution < -0.4 is 20.9 Å². The van der Waals surface area contributed by atoms with E-state index in [9.17, 15) is 9.59 Å². The second-order valence-corrected chi connectivity index (χ2v) is 9.37.